The number of rotatable bonds is 4. The summed E-state index contributed by atoms with van der Waals surface area (Å²) in [4.78, 5) is 0.149. The molecule has 2 aromatic rings. The highest BCUT2D eigenvalue weighted by Crippen LogP contribution is 2.21. The van der Waals surface area contributed by atoms with Crippen molar-refractivity contribution >= 4 is 15.7 Å². The molecular weight excluding hydrogens is 276 g/mol. The summed E-state index contributed by atoms with van der Waals surface area (Å²) in [7, 11) is -3.63. The van der Waals surface area contributed by atoms with E-state index >= 15 is 0 Å². The third-order valence-corrected chi connectivity index (χ3v) is 4.62. The lowest BCUT2D eigenvalue weighted by Crippen LogP contribution is -2.26. The zero-order valence-electron chi connectivity index (χ0n) is 11.7. The van der Waals surface area contributed by atoms with Crippen LogP contribution < -0.4 is 10.5 Å². The van der Waals surface area contributed by atoms with E-state index in [9.17, 15) is 8.42 Å². The summed E-state index contributed by atoms with van der Waals surface area (Å²) in [6, 6.07) is 7.78. The first kappa shape index (κ1) is 14.6. The van der Waals surface area contributed by atoms with Crippen LogP contribution in [-0.4, -0.2) is 8.42 Å². The molecule has 0 bridgehead atoms. The minimum absolute atomic E-state index is 0.149. The molecule has 3 N–H and O–H groups in total. The summed E-state index contributed by atoms with van der Waals surface area (Å²) in [5.74, 6) is 1.32. The molecule has 0 saturated carbocycles. The molecule has 1 aromatic carbocycles. The van der Waals surface area contributed by atoms with Gasteiger partial charge in [-0.3, -0.25) is 0 Å². The molecule has 2 rings (SSSR count). The number of sulfonamides is 1. The average Bonchev–Trinajstić information content (AvgIpc) is 2.79. The number of nitrogens with one attached hydrogen (secondary N) is 1. The molecule has 0 saturated heterocycles. The Morgan fingerprint density at radius 3 is 2.45 bits per heavy atom. The van der Waals surface area contributed by atoms with Crippen LogP contribution in [0.25, 0.3) is 0 Å². The number of hydrogen-bond acceptors (Lipinski definition) is 4. The van der Waals surface area contributed by atoms with Crippen LogP contribution in [0.4, 0.5) is 5.69 Å². The van der Waals surface area contributed by atoms with Gasteiger partial charge in [0.2, 0.25) is 10.0 Å². The van der Waals surface area contributed by atoms with Gasteiger partial charge >= 0.3 is 0 Å². The van der Waals surface area contributed by atoms with Crippen molar-refractivity contribution in [2.24, 2.45) is 0 Å². The van der Waals surface area contributed by atoms with Gasteiger partial charge in [-0.15, -0.1) is 0 Å². The van der Waals surface area contributed by atoms with E-state index < -0.39 is 16.1 Å². The van der Waals surface area contributed by atoms with E-state index in [1.165, 1.54) is 12.1 Å². The van der Waals surface area contributed by atoms with Crippen LogP contribution >= 0.6 is 0 Å². The fourth-order valence-corrected chi connectivity index (χ4v) is 3.08. The summed E-state index contributed by atoms with van der Waals surface area (Å²) < 4.78 is 32.5. The van der Waals surface area contributed by atoms with Crippen LogP contribution in [0, 0.1) is 13.8 Å². The van der Waals surface area contributed by atoms with Crippen molar-refractivity contribution in [3.63, 3.8) is 0 Å². The first-order valence-corrected chi connectivity index (χ1v) is 7.73. The topological polar surface area (TPSA) is 85.3 Å². The molecule has 108 valence electrons. The second-order valence-electron chi connectivity index (χ2n) is 4.81. The van der Waals surface area contributed by atoms with E-state index in [1.807, 2.05) is 13.8 Å². The van der Waals surface area contributed by atoms with Gasteiger partial charge in [0, 0.05) is 5.69 Å². The fraction of sp³-hybridized carbons (Fsp3) is 0.286. The Hall–Kier alpha value is -1.79. The van der Waals surface area contributed by atoms with Crippen molar-refractivity contribution in [2.45, 2.75) is 31.7 Å². The monoisotopic (exact) mass is 294 g/mol. The van der Waals surface area contributed by atoms with Gasteiger partial charge in [-0.25, -0.2) is 13.1 Å². The number of nitrogen functional groups attached to an aromatic ring is 1. The molecule has 0 amide bonds. The van der Waals surface area contributed by atoms with Crippen LogP contribution in [-0.2, 0) is 10.0 Å². The first-order valence-electron chi connectivity index (χ1n) is 6.24. The number of aryl methyl sites for hydroxylation is 2. The zero-order valence-corrected chi connectivity index (χ0v) is 12.5. The summed E-state index contributed by atoms with van der Waals surface area (Å²) in [6.45, 7) is 5.37. The maximum atomic E-state index is 12.3. The molecule has 1 atom stereocenters. The van der Waals surface area contributed by atoms with Gasteiger partial charge in [0.05, 0.1) is 10.9 Å². The highest BCUT2D eigenvalue weighted by molar-refractivity contribution is 7.89. The largest absolute Gasteiger partial charge is 0.465 e. The number of anilines is 1. The summed E-state index contributed by atoms with van der Waals surface area (Å²) in [5.41, 5.74) is 7.05. The maximum absolute atomic E-state index is 12.3. The van der Waals surface area contributed by atoms with E-state index in [4.69, 9.17) is 10.2 Å². The SMILES string of the molecule is Cc1ccc(C(C)NS(=O)(=O)c2ccc(C)c(N)c2)o1. The normalized spacial score (nSPS) is 13.3. The van der Waals surface area contributed by atoms with Crippen molar-refractivity contribution in [1.82, 2.24) is 4.72 Å². The summed E-state index contributed by atoms with van der Waals surface area (Å²) >= 11 is 0. The van der Waals surface area contributed by atoms with Gasteiger partial charge in [-0.1, -0.05) is 6.07 Å². The van der Waals surface area contributed by atoms with Crippen LogP contribution in [0.15, 0.2) is 39.6 Å². The predicted octanol–water partition coefficient (Wildman–Crippen LogP) is 2.52. The van der Waals surface area contributed by atoms with Crippen molar-refractivity contribution < 1.29 is 12.8 Å². The summed E-state index contributed by atoms with van der Waals surface area (Å²) in [6.07, 6.45) is 0. The van der Waals surface area contributed by atoms with Crippen molar-refractivity contribution in [2.75, 3.05) is 5.73 Å². The van der Waals surface area contributed by atoms with E-state index in [0.29, 0.717) is 11.4 Å². The Morgan fingerprint density at radius 1 is 1.20 bits per heavy atom. The summed E-state index contributed by atoms with van der Waals surface area (Å²) in [5, 5.41) is 0. The third kappa shape index (κ3) is 3.02. The van der Waals surface area contributed by atoms with E-state index in [0.717, 1.165) is 11.3 Å². The molecule has 0 fully saturated rings. The Balaban J connectivity index is 2.24. The molecule has 0 aliphatic carbocycles. The Bertz CT molecular complexity index is 720. The van der Waals surface area contributed by atoms with Crippen LogP contribution in [0.2, 0.25) is 0 Å². The lowest BCUT2D eigenvalue weighted by atomic mass is 10.2. The number of nitrogens with two attached hydrogens (primary N) is 1. The molecule has 1 aromatic heterocycles. The van der Waals surface area contributed by atoms with Crippen molar-refractivity contribution in [3.8, 4) is 0 Å². The van der Waals surface area contributed by atoms with Crippen molar-refractivity contribution in [3.05, 3.63) is 47.4 Å². The molecule has 5 nitrogen and oxygen atoms in total. The second kappa shape index (κ2) is 5.30. The fourth-order valence-electron chi connectivity index (χ4n) is 1.83. The number of furan rings is 1. The van der Waals surface area contributed by atoms with E-state index in [-0.39, 0.29) is 4.90 Å². The third-order valence-electron chi connectivity index (χ3n) is 3.08. The first-order chi connectivity index (χ1) is 9.29. The van der Waals surface area contributed by atoms with Gasteiger partial charge < -0.3 is 10.2 Å². The highest BCUT2D eigenvalue weighted by atomic mass is 32.2. The Kier molecular flexibility index (Phi) is 3.87. The van der Waals surface area contributed by atoms with Gasteiger partial charge in [-0.05, 0) is 50.6 Å². The molecule has 0 aliphatic rings. The minimum atomic E-state index is -3.63. The van der Waals surface area contributed by atoms with Gasteiger partial charge in [0.1, 0.15) is 11.5 Å². The van der Waals surface area contributed by atoms with E-state index in [1.54, 1.807) is 25.1 Å². The molecule has 1 unspecified atom stereocenters. The minimum Gasteiger partial charge on any atom is -0.465 e. The zero-order chi connectivity index (χ0) is 14.9. The molecule has 20 heavy (non-hydrogen) atoms. The second-order valence-corrected chi connectivity index (χ2v) is 6.52. The molecule has 0 aliphatic heterocycles. The van der Waals surface area contributed by atoms with Gasteiger partial charge in [0.25, 0.3) is 0 Å². The van der Waals surface area contributed by atoms with Crippen LogP contribution in [0.3, 0.4) is 0 Å². The van der Waals surface area contributed by atoms with Crippen LogP contribution in [0.5, 0.6) is 0 Å². The van der Waals surface area contributed by atoms with E-state index in [2.05, 4.69) is 4.72 Å². The molecule has 6 heteroatoms. The number of hydrogen-bond donors (Lipinski definition) is 2. The molecule has 0 spiro atoms. The van der Waals surface area contributed by atoms with Crippen LogP contribution in [0.1, 0.15) is 30.0 Å². The van der Waals surface area contributed by atoms with Gasteiger partial charge in [-0.2, -0.15) is 0 Å². The number of benzene rings is 1. The van der Waals surface area contributed by atoms with Gasteiger partial charge in [0.15, 0.2) is 0 Å². The average molecular weight is 294 g/mol. The Morgan fingerprint density at radius 2 is 1.90 bits per heavy atom. The quantitative estimate of drug-likeness (QED) is 0.848. The molecular formula is C14H18N2O3S. The smallest absolute Gasteiger partial charge is 0.241 e. The molecule has 1 heterocycles. The lowest BCUT2D eigenvalue weighted by Gasteiger charge is -2.13. The molecule has 0 radical (unpaired) electrons. The lowest BCUT2D eigenvalue weighted by molar-refractivity contribution is 0.441. The predicted molar refractivity (Wildman–Crippen MR) is 77.8 cm³/mol. The Labute approximate surface area is 118 Å². The maximum Gasteiger partial charge on any atom is 0.241 e. The standard InChI is InChI=1S/C14H18N2O3S/c1-9-4-6-12(8-13(9)15)20(17,18)16-11(3)14-7-5-10(2)19-14/h4-8,11,16H,15H2,1-3H3. The highest BCUT2D eigenvalue weighted by Gasteiger charge is 2.20. The van der Waals surface area contributed by atoms with Crippen molar-refractivity contribution in [1.29, 1.82) is 0 Å².